The van der Waals surface area contributed by atoms with Crippen molar-refractivity contribution >= 4 is 7.82 Å². The highest BCUT2D eigenvalue weighted by molar-refractivity contribution is 7.45. The van der Waals surface area contributed by atoms with Crippen molar-refractivity contribution < 1.29 is 34.6 Å². The van der Waals surface area contributed by atoms with Gasteiger partial charge in [0.25, 0.3) is 0 Å². The Morgan fingerprint density at radius 3 is 0.759 bits per heavy atom. The van der Waals surface area contributed by atoms with Gasteiger partial charge in [-0.25, -0.2) is 4.57 Å². The zero-order chi connectivity index (χ0) is 22.0. The minimum atomic E-state index is -4.64. The third-order valence-electron chi connectivity index (χ3n) is 5.95. The van der Waals surface area contributed by atoms with Gasteiger partial charge in [0, 0.05) is 19.8 Å². The van der Waals surface area contributed by atoms with Gasteiger partial charge in [-0.05, 0) is 56.3 Å². The van der Waals surface area contributed by atoms with Crippen LogP contribution in [0.1, 0.15) is 96.3 Å². The van der Waals surface area contributed by atoms with Gasteiger partial charge in [0.1, 0.15) is 0 Å². The van der Waals surface area contributed by atoms with E-state index in [4.69, 9.17) is 34.6 Å². The summed E-state index contributed by atoms with van der Waals surface area (Å²) in [5.41, 5.74) is 0. The molecule has 7 nitrogen and oxygen atoms in total. The van der Waals surface area contributed by atoms with E-state index >= 15 is 0 Å². The van der Waals surface area contributed by atoms with Crippen LogP contribution in [0, 0.1) is 17.8 Å². The molecule has 3 rings (SSSR count). The molecule has 3 fully saturated rings. The zero-order valence-corrected chi connectivity index (χ0v) is 18.9. The molecule has 0 spiro atoms. The van der Waals surface area contributed by atoms with Crippen LogP contribution in [-0.4, -0.2) is 49.8 Å². The minimum Gasteiger partial charge on any atom is -0.396 e. The van der Waals surface area contributed by atoms with E-state index in [0.29, 0.717) is 37.6 Å². The van der Waals surface area contributed by atoms with E-state index in [1.807, 2.05) is 0 Å². The molecule has 0 bridgehead atoms. The molecule has 0 heterocycles. The molecule has 3 aliphatic carbocycles. The fourth-order valence-corrected chi connectivity index (χ4v) is 4.11. The van der Waals surface area contributed by atoms with Crippen LogP contribution in [-0.2, 0) is 4.57 Å². The van der Waals surface area contributed by atoms with Crippen molar-refractivity contribution in [3.63, 3.8) is 0 Å². The number of phosphoric acid groups is 1. The quantitative estimate of drug-likeness (QED) is 0.367. The predicted octanol–water partition coefficient (Wildman–Crippen LogP) is 3.75. The third kappa shape index (κ3) is 21.0. The van der Waals surface area contributed by atoms with Crippen molar-refractivity contribution in [3.8, 4) is 0 Å². The van der Waals surface area contributed by atoms with Crippen molar-refractivity contribution in [1.29, 1.82) is 0 Å². The van der Waals surface area contributed by atoms with Crippen LogP contribution >= 0.6 is 7.82 Å². The second kappa shape index (κ2) is 18.7. The largest absolute Gasteiger partial charge is 0.466 e. The second-order valence-corrected chi connectivity index (χ2v) is 9.60. The standard InChI is InChI=1S/3C7H14O.H3O4P/c3*8-6-7-4-2-1-3-5-7;1-5(2,3)4/h3*7-8H,1-6H2;(H3,1,2,3,4). The van der Waals surface area contributed by atoms with Gasteiger partial charge in [-0.3, -0.25) is 0 Å². The van der Waals surface area contributed by atoms with Gasteiger partial charge in [0.05, 0.1) is 0 Å². The first kappa shape index (κ1) is 29.0. The van der Waals surface area contributed by atoms with Crippen LogP contribution in [0.2, 0.25) is 0 Å². The van der Waals surface area contributed by atoms with Crippen molar-refractivity contribution in [2.24, 2.45) is 17.8 Å². The minimum absolute atomic E-state index is 0.417. The molecular weight excluding hydrogens is 395 g/mol. The van der Waals surface area contributed by atoms with Gasteiger partial charge in [0.15, 0.2) is 0 Å². The van der Waals surface area contributed by atoms with Gasteiger partial charge in [-0.1, -0.05) is 57.8 Å². The van der Waals surface area contributed by atoms with Crippen molar-refractivity contribution in [3.05, 3.63) is 0 Å². The van der Waals surface area contributed by atoms with Crippen molar-refractivity contribution in [2.45, 2.75) is 96.3 Å². The van der Waals surface area contributed by atoms with Gasteiger partial charge >= 0.3 is 7.82 Å². The van der Waals surface area contributed by atoms with E-state index in [1.165, 1.54) is 96.3 Å². The number of aliphatic hydroxyl groups excluding tert-OH is 3. The Kier molecular flexibility index (Phi) is 18.7. The van der Waals surface area contributed by atoms with Crippen LogP contribution in [0.25, 0.3) is 0 Å². The van der Waals surface area contributed by atoms with Gasteiger partial charge in [0.2, 0.25) is 0 Å². The smallest absolute Gasteiger partial charge is 0.396 e. The maximum absolute atomic E-state index is 8.88. The van der Waals surface area contributed by atoms with Crippen LogP contribution < -0.4 is 0 Å². The summed E-state index contributed by atoms with van der Waals surface area (Å²) >= 11 is 0. The van der Waals surface area contributed by atoms with Crippen LogP contribution in [0.15, 0.2) is 0 Å². The second-order valence-electron chi connectivity index (χ2n) is 8.57. The van der Waals surface area contributed by atoms with E-state index in [1.54, 1.807) is 0 Å². The summed E-state index contributed by atoms with van der Waals surface area (Å²) in [4.78, 5) is 21.6. The molecule has 8 heteroatoms. The third-order valence-corrected chi connectivity index (χ3v) is 5.95. The Morgan fingerprint density at radius 1 is 0.483 bits per heavy atom. The first-order valence-electron chi connectivity index (χ1n) is 11.4. The highest BCUT2D eigenvalue weighted by atomic mass is 31.2. The molecule has 29 heavy (non-hydrogen) atoms. The first-order chi connectivity index (χ1) is 13.8. The van der Waals surface area contributed by atoms with Crippen molar-refractivity contribution in [2.75, 3.05) is 19.8 Å². The molecule has 0 aromatic heterocycles. The fraction of sp³-hybridized carbons (Fsp3) is 1.00. The zero-order valence-electron chi connectivity index (χ0n) is 18.0. The molecular formula is C21H45O7P. The molecule has 3 saturated carbocycles. The molecule has 0 aliphatic heterocycles. The Bertz CT molecular complexity index is 333. The Balaban J connectivity index is 0.000000367. The molecule has 0 radical (unpaired) electrons. The monoisotopic (exact) mass is 440 g/mol. The Labute approximate surface area is 176 Å². The van der Waals surface area contributed by atoms with E-state index in [2.05, 4.69) is 0 Å². The summed E-state index contributed by atoms with van der Waals surface area (Å²) in [7, 11) is -4.64. The van der Waals surface area contributed by atoms with Crippen LogP contribution in [0.5, 0.6) is 0 Å². The van der Waals surface area contributed by atoms with E-state index in [0.717, 1.165) is 0 Å². The lowest BCUT2D eigenvalue weighted by Gasteiger charge is -2.18. The van der Waals surface area contributed by atoms with Crippen molar-refractivity contribution in [1.82, 2.24) is 0 Å². The molecule has 0 saturated heterocycles. The maximum Gasteiger partial charge on any atom is 0.466 e. The number of rotatable bonds is 3. The molecule has 6 N–H and O–H groups in total. The summed E-state index contributed by atoms with van der Waals surface area (Å²) in [6, 6.07) is 0. The highest BCUT2D eigenvalue weighted by Crippen LogP contribution is 2.26. The van der Waals surface area contributed by atoms with Gasteiger partial charge in [-0.15, -0.1) is 0 Å². The average Bonchev–Trinajstić information content (AvgIpc) is 2.75. The molecule has 0 atom stereocenters. The summed E-state index contributed by atoms with van der Waals surface area (Å²) in [6.45, 7) is 1.25. The maximum atomic E-state index is 8.88. The summed E-state index contributed by atoms with van der Waals surface area (Å²) < 4.78 is 8.88. The van der Waals surface area contributed by atoms with E-state index < -0.39 is 7.82 Å². The molecule has 3 aliphatic rings. The topological polar surface area (TPSA) is 138 Å². The molecule has 0 aromatic carbocycles. The Morgan fingerprint density at radius 2 is 0.655 bits per heavy atom. The normalized spacial score (nSPS) is 21.6. The number of hydrogen-bond acceptors (Lipinski definition) is 4. The average molecular weight is 441 g/mol. The van der Waals surface area contributed by atoms with Gasteiger partial charge < -0.3 is 30.0 Å². The van der Waals surface area contributed by atoms with Gasteiger partial charge in [-0.2, -0.15) is 0 Å². The summed E-state index contributed by atoms with van der Waals surface area (Å²) in [5.74, 6) is 1.93. The molecule has 0 aromatic rings. The van der Waals surface area contributed by atoms with Crippen LogP contribution in [0.4, 0.5) is 0 Å². The lowest BCUT2D eigenvalue weighted by molar-refractivity contribution is 0.190. The Hall–Kier alpha value is -0.0100. The van der Waals surface area contributed by atoms with E-state index in [-0.39, 0.29) is 0 Å². The summed E-state index contributed by atoms with van der Waals surface area (Å²) in [5, 5.41) is 26.1. The molecule has 0 amide bonds. The predicted molar refractivity (Wildman–Crippen MR) is 115 cm³/mol. The lowest BCUT2D eigenvalue weighted by atomic mass is 9.90. The highest BCUT2D eigenvalue weighted by Gasteiger charge is 2.12. The number of aliphatic hydroxyl groups is 3. The number of hydrogen-bond donors (Lipinski definition) is 6. The lowest BCUT2D eigenvalue weighted by Crippen LogP contribution is -2.09. The molecule has 0 unspecified atom stereocenters. The van der Waals surface area contributed by atoms with Crippen LogP contribution in [0.3, 0.4) is 0 Å². The van der Waals surface area contributed by atoms with E-state index in [9.17, 15) is 0 Å². The SMILES string of the molecule is O=P(O)(O)O.OCC1CCCCC1.OCC1CCCCC1.OCC1CCCCC1. The summed E-state index contributed by atoms with van der Waals surface area (Å²) in [6.07, 6.45) is 19.7. The fourth-order valence-electron chi connectivity index (χ4n) is 4.11. The molecule has 176 valence electrons. The first-order valence-corrected chi connectivity index (χ1v) is 13.0.